The van der Waals surface area contributed by atoms with Gasteiger partial charge < -0.3 is 10.1 Å². The van der Waals surface area contributed by atoms with Gasteiger partial charge in [0.25, 0.3) is 5.56 Å². The average Bonchev–Trinajstić information content (AvgIpc) is 3.21. The molecule has 0 radical (unpaired) electrons. The lowest BCUT2D eigenvalue weighted by atomic mass is 10.1. The number of rotatable bonds is 5. The van der Waals surface area contributed by atoms with E-state index in [2.05, 4.69) is 10.3 Å². The fraction of sp³-hybridized carbons (Fsp3) is 0.294. The highest BCUT2D eigenvalue weighted by atomic mass is 32.2. The molecule has 3 aromatic heterocycles. The van der Waals surface area contributed by atoms with Crippen molar-refractivity contribution in [2.24, 2.45) is 7.05 Å². The van der Waals surface area contributed by atoms with E-state index in [9.17, 15) is 14.4 Å². The summed E-state index contributed by atoms with van der Waals surface area (Å²) in [5.74, 6) is -0.704. The molecule has 0 aliphatic carbocycles. The van der Waals surface area contributed by atoms with Crippen LogP contribution in [0.4, 0.5) is 5.00 Å². The van der Waals surface area contributed by atoms with Gasteiger partial charge in [-0.25, -0.2) is 9.78 Å². The van der Waals surface area contributed by atoms with Gasteiger partial charge in [0, 0.05) is 11.9 Å². The van der Waals surface area contributed by atoms with Crippen molar-refractivity contribution in [3.05, 3.63) is 37.8 Å². The van der Waals surface area contributed by atoms with Crippen LogP contribution in [-0.2, 0) is 16.6 Å². The van der Waals surface area contributed by atoms with Crippen molar-refractivity contribution in [3.63, 3.8) is 0 Å². The molecule has 10 heteroatoms. The third kappa shape index (κ3) is 3.78. The number of esters is 1. The van der Waals surface area contributed by atoms with Gasteiger partial charge in [0.15, 0.2) is 5.16 Å². The van der Waals surface area contributed by atoms with Crippen LogP contribution in [0.5, 0.6) is 0 Å². The summed E-state index contributed by atoms with van der Waals surface area (Å²) in [6, 6.07) is 1.78. The minimum atomic E-state index is -0.480. The third-order valence-electron chi connectivity index (χ3n) is 4.01. The zero-order valence-corrected chi connectivity index (χ0v) is 17.6. The molecule has 0 aliphatic rings. The highest BCUT2D eigenvalue weighted by Crippen LogP contribution is 2.33. The largest absolute Gasteiger partial charge is 0.465 e. The van der Waals surface area contributed by atoms with Gasteiger partial charge >= 0.3 is 5.97 Å². The molecule has 7 nitrogen and oxygen atoms in total. The molecule has 142 valence electrons. The zero-order chi connectivity index (χ0) is 19.7. The molecule has 0 unspecified atom stereocenters. The molecule has 0 saturated heterocycles. The van der Waals surface area contributed by atoms with Gasteiger partial charge in [0.2, 0.25) is 5.91 Å². The highest BCUT2D eigenvalue weighted by Gasteiger charge is 2.22. The minimum Gasteiger partial charge on any atom is -0.465 e. The first-order chi connectivity index (χ1) is 12.8. The Morgan fingerprint density at radius 3 is 2.81 bits per heavy atom. The number of carbonyl (C=O) groups is 2. The fourth-order valence-electron chi connectivity index (χ4n) is 2.45. The van der Waals surface area contributed by atoms with Crippen molar-refractivity contribution in [1.82, 2.24) is 9.55 Å². The van der Waals surface area contributed by atoms with Gasteiger partial charge in [-0.05, 0) is 30.9 Å². The normalized spacial score (nSPS) is 11.0. The number of carbonyl (C=O) groups excluding carboxylic acids is 2. The fourth-order valence-corrected chi connectivity index (χ4v) is 5.09. The number of methoxy groups -OCH3 is 1. The Bertz CT molecular complexity index is 1100. The second-order valence-corrected chi connectivity index (χ2v) is 8.79. The lowest BCUT2D eigenvalue weighted by molar-refractivity contribution is -0.113. The number of aromatic nitrogens is 2. The molecule has 0 aromatic carbocycles. The standard InChI is InChI=1S/C17H17N3O4S3/c1-8-9(2)27-14(12(8)16(23)24-4)19-11(21)7-26-17-18-10-5-6-25-13(10)15(22)20(17)3/h5-6H,7H2,1-4H3,(H,19,21). The number of nitrogens with zero attached hydrogens (tertiary/aromatic N) is 2. The minimum absolute atomic E-state index is 0.0620. The van der Waals surface area contributed by atoms with Crippen LogP contribution in [0.15, 0.2) is 21.4 Å². The van der Waals surface area contributed by atoms with Crippen molar-refractivity contribution in [3.8, 4) is 0 Å². The molecule has 0 fully saturated rings. The molecule has 27 heavy (non-hydrogen) atoms. The van der Waals surface area contributed by atoms with E-state index < -0.39 is 5.97 Å². The van der Waals surface area contributed by atoms with E-state index >= 15 is 0 Å². The lowest BCUT2D eigenvalue weighted by Gasteiger charge is -2.08. The number of thiophene rings is 2. The van der Waals surface area contributed by atoms with Crippen LogP contribution in [-0.4, -0.2) is 34.3 Å². The number of hydrogen-bond donors (Lipinski definition) is 1. The maximum absolute atomic E-state index is 12.4. The van der Waals surface area contributed by atoms with Crippen LogP contribution in [0.25, 0.3) is 10.2 Å². The van der Waals surface area contributed by atoms with E-state index in [4.69, 9.17) is 4.74 Å². The van der Waals surface area contributed by atoms with Crippen LogP contribution in [0.3, 0.4) is 0 Å². The summed E-state index contributed by atoms with van der Waals surface area (Å²) >= 11 is 3.85. The molecular weight excluding hydrogens is 406 g/mol. The zero-order valence-electron chi connectivity index (χ0n) is 15.1. The number of anilines is 1. The average molecular weight is 424 g/mol. The molecular formula is C17H17N3O4S3. The first kappa shape index (κ1) is 19.6. The molecule has 0 bridgehead atoms. The molecule has 0 saturated carbocycles. The summed E-state index contributed by atoms with van der Waals surface area (Å²) in [6.07, 6.45) is 0. The Kier molecular flexibility index (Phi) is 5.68. The first-order valence-corrected chi connectivity index (χ1v) is 10.6. The van der Waals surface area contributed by atoms with Gasteiger partial charge in [-0.2, -0.15) is 0 Å². The number of amides is 1. The first-order valence-electron chi connectivity index (χ1n) is 7.88. The Morgan fingerprint density at radius 2 is 2.11 bits per heavy atom. The highest BCUT2D eigenvalue weighted by molar-refractivity contribution is 7.99. The number of nitrogens with one attached hydrogen (secondary N) is 1. The summed E-state index contributed by atoms with van der Waals surface area (Å²) in [4.78, 5) is 42.1. The van der Waals surface area contributed by atoms with Crippen LogP contribution in [0.1, 0.15) is 20.8 Å². The Balaban J connectivity index is 1.76. The van der Waals surface area contributed by atoms with Gasteiger partial charge in [-0.1, -0.05) is 11.8 Å². The van der Waals surface area contributed by atoms with Crippen LogP contribution in [0, 0.1) is 13.8 Å². The Morgan fingerprint density at radius 1 is 1.37 bits per heavy atom. The Hall–Kier alpha value is -2.17. The van der Waals surface area contributed by atoms with E-state index in [1.54, 1.807) is 13.1 Å². The van der Waals surface area contributed by atoms with Gasteiger partial charge in [0.05, 0.1) is 23.9 Å². The molecule has 3 rings (SSSR count). The Labute approximate surface area is 167 Å². The monoisotopic (exact) mass is 423 g/mol. The third-order valence-corrected chi connectivity index (χ3v) is 7.05. The van der Waals surface area contributed by atoms with Crippen LogP contribution in [0.2, 0.25) is 0 Å². The van der Waals surface area contributed by atoms with Crippen LogP contribution >= 0.6 is 34.4 Å². The summed E-state index contributed by atoms with van der Waals surface area (Å²) in [7, 11) is 2.94. The van der Waals surface area contributed by atoms with Crippen LogP contribution < -0.4 is 10.9 Å². The van der Waals surface area contributed by atoms with E-state index in [-0.39, 0.29) is 17.2 Å². The van der Waals surface area contributed by atoms with Gasteiger partial charge in [0.1, 0.15) is 9.70 Å². The summed E-state index contributed by atoms with van der Waals surface area (Å²) in [5.41, 5.74) is 1.67. The predicted octanol–water partition coefficient (Wildman–Crippen LogP) is 3.19. The van der Waals surface area contributed by atoms with E-state index in [1.165, 1.54) is 46.1 Å². The van der Waals surface area contributed by atoms with Crippen molar-refractivity contribution in [1.29, 1.82) is 0 Å². The maximum Gasteiger partial charge on any atom is 0.341 e. The SMILES string of the molecule is COC(=O)c1c(NC(=O)CSc2nc3ccsc3c(=O)n2C)sc(C)c1C. The molecule has 3 heterocycles. The maximum atomic E-state index is 12.4. The number of hydrogen-bond acceptors (Lipinski definition) is 8. The molecule has 3 aromatic rings. The smallest absolute Gasteiger partial charge is 0.341 e. The molecule has 0 aliphatic heterocycles. The lowest BCUT2D eigenvalue weighted by Crippen LogP contribution is -2.21. The van der Waals surface area contributed by atoms with Crippen molar-refractivity contribution in [2.75, 3.05) is 18.2 Å². The predicted molar refractivity (Wildman–Crippen MR) is 109 cm³/mol. The van der Waals surface area contributed by atoms with Crippen molar-refractivity contribution < 1.29 is 14.3 Å². The second-order valence-electron chi connectivity index (χ2n) is 5.71. The van der Waals surface area contributed by atoms with E-state index in [0.29, 0.717) is 25.9 Å². The molecule has 1 N–H and O–H groups in total. The van der Waals surface area contributed by atoms with E-state index in [0.717, 1.165) is 10.4 Å². The summed E-state index contributed by atoms with van der Waals surface area (Å²) in [5, 5.41) is 5.52. The summed E-state index contributed by atoms with van der Waals surface area (Å²) < 4.78 is 6.84. The molecule has 0 spiro atoms. The second kappa shape index (κ2) is 7.83. The number of aryl methyl sites for hydroxylation is 1. The number of fused-ring (bicyclic) bond motifs is 1. The number of thioether (sulfide) groups is 1. The van der Waals surface area contributed by atoms with Crippen molar-refractivity contribution >= 4 is 61.5 Å². The molecule has 1 amide bonds. The van der Waals surface area contributed by atoms with Crippen molar-refractivity contribution in [2.45, 2.75) is 19.0 Å². The van der Waals surface area contributed by atoms with E-state index in [1.807, 2.05) is 19.2 Å². The number of ether oxygens (including phenoxy) is 1. The summed E-state index contributed by atoms with van der Waals surface area (Å²) in [6.45, 7) is 3.70. The quantitative estimate of drug-likeness (QED) is 0.385. The topological polar surface area (TPSA) is 90.3 Å². The van der Waals surface area contributed by atoms with Gasteiger partial charge in [-0.15, -0.1) is 22.7 Å². The van der Waals surface area contributed by atoms with Gasteiger partial charge in [-0.3, -0.25) is 14.2 Å². The molecule has 0 atom stereocenters.